The van der Waals surface area contributed by atoms with E-state index in [9.17, 15) is 4.20 Å². The zero-order valence-corrected chi connectivity index (χ0v) is 6.15. The molecule has 0 aliphatic carbocycles. The number of hydrogen-bond acceptors (Lipinski definition) is 1. The van der Waals surface area contributed by atoms with Crippen LogP contribution in [0.4, 0.5) is 4.20 Å². The molecule has 0 nitrogen and oxygen atoms in total. The first-order valence-corrected chi connectivity index (χ1v) is 4.66. The third-order valence-electron chi connectivity index (χ3n) is 0. The second kappa shape index (κ2) is 339000. The van der Waals surface area contributed by atoms with Crippen molar-refractivity contribution in [3.05, 3.63) is 0 Å². The van der Waals surface area contributed by atoms with Gasteiger partial charge in [-0.15, -0.1) is 6.30 Å². The van der Waals surface area contributed by atoms with E-state index in [-0.39, 0.29) is 1010 Å². The lowest BCUT2D eigenvalue weighted by Gasteiger charge is -1.67. The van der Waals surface area contributed by atoms with E-state index in [1.54, 1.807) is 0 Å². The standard InChI is InChI=1S/CH4FP.CH2PS.136CH4/c1-3-2;1-2-3;;;;;;;;;;;;;;;;;;;;;;;;;;;;;;;;;;;;;;;;;;;;;;;;;;;;;;;;;;;;;;;;;;;;;;;;;;;;;;;;;;;;;;;;;;;;;;;;;;;;;;;;;;;;;;;;;;;;;;;;;;;;;;;;;;;;;;;;/h3H,1H3;1H2;136*1H4/q;-1;;;;;;;;;;;;;;;;;;;;;;;;;;;;;;;;;;;;;;;;;;;;;;;;;;;;;;;;;;;;;;;;;;;;;;;;;;;;;;;;;;;;;;;;;;;;;;;;;;;;;;;;;;;;;;;;;;;;;;;;;;;;;;;;;;;;;;;;. The summed E-state index contributed by atoms with van der Waals surface area (Å²) in [5, 5.41) is 0. The molecule has 0 bridgehead atoms. The van der Waals surface area contributed by atoms with Crippen LogP contribution in [0.2, 0.25) is 0 Å². The van der Waals surface area contributed by atoms with Crippen LogP contribution in [0.5, 0.6) is 0 Å². The highest BCUT2D eigenvalue weighted by atomic mass is 32.7. The Hall–Kier alpha value is 0.880. The van der Waals surface area contributed by atoms with Gasteiger partial charge < -0.3 is 12.2 Å². The van der Waals surface area contributed by atoms with Crippen molar-refractivity contribution in [3.8, 4) is 0 Å². The molecule has 0 spiro atoms. The molecule has 1 atom stereocenters. The maximum atomic E-state index is 10.3. The third-order valence-corrected chi connectivity index (χ3v) is 0. The topological polar surface area (TPSA) is 0 Å². The molecule has 0 amide bonds. The molecule has 0 rings (SSSR count). The first-order chi connectivity index (χ1) is 2.83. The third kappa shape index (κ3) is 3560000. The van der Waals surface area contributed by atoms with Crippen molar-refractivity contribution >= 4 is 34.8 Å². The minimum atomic E-state index is -0.417. The highest BCUT2D eigenvalue weighted by Gasteiger charge is 1.39. The van der Waals surface area contributed by atoms with Crippen LogP contribution >= 0.6 is 16.3 Å². The molecule has 1126 valence electrons. The summed E-state index contributed by atoms with van der Waals surface area (Å²) in [6.45, 7) is 1.49. The van der Waals surface area contributed by atoms with Crippen molar-refractivity contribution in [2.24, 2.45) is 0 Å². The fraction of sp³-hybridized carbons (Fsp3) is 0.993. The summed E-state index contributed by atoms with van der Waals surface area (Å²) < 4.78 is 10.3. The monoisotopic (exact) mass is 2320 g/mol. The number of halogens is 1. The molecule has 0 aliphatic heterocycles. The van der Waals surface area contributed by atoms with Crippen LogP contribution in [-0.2, 0) is 12.2 Å². The summed E-state index contributed by atoms with van der Waals surface area (Å²) in [5.74, 6) is 0. The Labute approximate surface area is 1050 Å². The van der Waals surface area contributed by atoms with Gasteiger partial charge in [0.05, 0.1) is 8.89 Å². The smallest absolute Gasteiger partial charge is 0.0639 e. The van der Waals surface area contributed by atoms with Gasteiger partial charge in [0.25, 0.3) is 0 Å². The molecule has 0 N–H and O–H groups in total. The lowest BCUT2D eigenvalue weighted by atomic mass is 12.0. The molecule has 0 saturated carbocycles. The van der Waals surface area contributed by atoms with Crippen molar-refractivity contribution < 1.29 is 4.20 Å². The van der Waals surface area contributed by atoms with Gasteiger partial charge in [0.2, 0.25) is 0 Å². The van der Waals surface area contributed by atoms with Crippen LogP contribution in [0.15, 0.2) is 0 Å². The molecule has 0 radical (unpaired) electrons. The Balaban J connectivity index is -0.00000000000846. The van der Waals surface area contributed by atoms with E-state index in [1.165, 1.54) is 6.66 Å². The SMILES string of the molecule is C.C.C.C.C.C.C.C.C.C.C.C.C.C.C.C.C.C.C.C.C.C.C.C.C.C.C.C.C.C.C.C.C.C.C.C.C.C.C.C.C.C.C.C.C.C.C.C.C.C.C.C.C.C.C.C.C.C.C.C.C.C.C.C.C.C.C.C.C.C.C.C.C.C.C.C.C.C.C.C.C.C.C.C.C.C.C.C.C.C.C.C.C.C.C.C.C.C.C.C.C.C.C.C.C.C.C.C.C.C.C.C.C.C.C.C.C.C.C.C.C.C.C.C.C.C.C.C.C.C.C.C.C.C.C.C.C=P[S-].CPF. The molecule has 0 aromatic carbocycles. The molecule has 0 aromatic heterocycles. The van der Waals surface area contributed by atoms with Gasteiger partial charge >= 0.3 is 0 Å². The van der Waals surface area contributed by atoms with E-state index in [4.69, 9.17) is 0 Å². The molecular weight excluding hydrogens is 1770 g/mol. The van der Waals surface area contributed by atoms with Gasteiger partial charge in [-0.3, -0.25) is 7.41 Å². The van der Waals surface area contributed by atoms with Gasteiger partial charge in [0, 0.05) is 0 Å². The van der Waals surface area contributed by atoms with Crippen LogP contribution in [-0.4, -0.2) is 13.0 Å². The van der Waals surface area contributed by atoms with E-state index in [2.05, 4.69) is 18.5 Å². The molecule has 0 fully saturated rings. The highest BCUT2D eigenvalue weighted by Crippen LogP contribution is 1.97. The zero-order chi connectivity index (χ0) is 5.41. The minimum absolute atomic E-state index is 0. The number of rotatable bonds is 0. The highest BCUT2D eigenvalue weighted by molar-refractivity contribution is 8.23. The first kappa shape index (κ1) is 121000. The van der Waals surface area contributed by atoms with Gasteiger partial charge in [0.1, 0.15) is 0 Å². The van der Waals surface area contributed by atoms with E-state index in [1.807, 2.05) is 0 Å². The largest absolute Gasteiger partial charge is 0.728 e. The first-order valence-electron chi connectivity index (χ1n) is 1.19. The minimum Gasteiger partial charge on any atom is -0.728 e. The van der Waals surface area contributed by atoms with Gasteiger partial charge in [-0.2, -0.15) is 0 Å². The molecular formula is C138H550FP2S-. The molecule has 142 heavy (non-hydrogen) atoms. The molecule has 0 aromatic rings. The Morgan fingerprint density at radius 3 is 0.0915 bits per heavy atom. The van der Waals surface area contributed by atoms with Gasteiger partial charge in [-0.05, 0) is 6.66 Å². The summed E-state index contributed by atoms with van der Waals surface area (Å²) >= 11 is 4.25. The predicted octanol–water partition coefficient (Wildman–Crippen LogP) is 88.5. The fourth-order valence-corrected chi connectivity index (χ4v) is 0. The quantitative estimate of drug-likeness (QED) is 0.172. The summed E-state index contributed by atoms with van der Waals surface area (Å²) in [4.78, 5) is 0. The average molecular weight is 2320 g/mol. The normalized spacial score (nSPS) is 0.359. The van der Waals surface area contributed by atoms with Crippen molar-refractivity contribution in [1.29, 1.82) is 0 Å². The van der Waals surface area contributed by atoms with E-state index < -0.39 is 8.89 Å². The lowest BCUT2D eigenvalue weighted by Crippen LogP contribution is -1.03. The average Bonchev–Trinajstić information content (AvgIpc) is 1.39. The molecule has 1 unspecified atom stereocenters. The van der Waals surface area contributed by atoms with Crippen LogP contribution in [0, 0.1) is 0 Å². The second-order valence-electron chi connectivity index (χ2n) is 0.318. The molecule has 0 heterocycles. The van der Waals surface area contributed by atoms with Crippen LogP contribution in [0.1, 0.15) is 1010 Å². The molecule has 0 aliphatic rings. The molecule has 4 heteroatoms. The maximum absolute atomic E-state index is 10.3. The van der Waals surface area contributed by atoms with Crippen LogP contribution in [0.3, 0.4) is 0 Å². The van der Waals surface area contributed by atoms with Gasteiger partial charge in [-0.25, -0.2) is 4.20 Å². The van der Waals surface area contributed by atoms with E-state index in [0.29, 0.717) is 0 Å². The van der Waals surface area contributed by atoms with Crippen molar-refractivity contribution in [2.75, 3.05) is 6.66 Å². The Bertz CT molecular complexity index is 46.3. The van der Waals surface area contributed by atoms with Crippen molar-refractivity contribution in [1.82, 2.24) is 0 Å². The van der Waals surface area contributed by atoms with E-state index >= 15 is 0 Å². The lowest BCUT2D eigenvalue weighted by molar-refractivity contribution is 0.925. The van der Waals surface area contributed by atoms with Crippen molar-refractivity contribution in [2.45, 2.75) is 1010 Å². The summed E-state index contributed by atoms with van der Waals surface area (Å²) in [5.41, 5.74) is 0. The number of hydrogen-bond donors (Lipinski definition) is 0. The summed E-state index contributed by atoms with van der Waals surface area (Å²) in [6, 6.07) is 0. The van der Waals surface area contributed by atoms with Gasteiger partial charge in [0.15, 0.2) is 0 Å². The summed E-state index contributed by atoms with van der Waals surface area (Å²) in [7, 11) is 0.333. The van der Waals surface area contributed by atoms with Crippen LogP contribution in [0.25, 0.3) is 0 Å². The fourth-order valence-electron chi connectivity index (χ4n) is 0. The maximum Gasteiger partial charge on any atom is 0.0639 e. The zero-order valence-electron chi connectivity index (χ0n) is 3.44. The Morgan fingerprint density at radius 1 is 0.0915 bits per heavy atom. The second-order valence-corrected chi connectivity index (χ2v) is 1.73. The van der Waals surface area contributed by atoms with Crippen molar-refractivity contribution in [3.63, 3.8) is 0 Å². The predicted molar refractivity (Wildman–Crippen MR) is 952 cm³/mol. The van der Waals surface area contributed by atoms with E-state index in [0.717, 1.165) is 7.41 Å². The van der Waals surface area contributed by atoms with Gasteiger partial charge in [-0.1, -0.05) is 1010 Å². The Kier molecular flexibility index (Phi) is 289000000. The molecule has 0 saturated heterocycles. The Morgan fingerprint density at radius 2 is 0.0915 bits per heavy atom. The summed E-state index contributed by atoms with van der Waals surface area (Å²) in [6.07, 6.45) is 3.27. The van der Waals surface area contributed by atoms with Crippen LogP contribution < -0.4 is 0 Å².